The molecule has 0 aliphatic rings. The number of hydrogen-bond donors (Lipinski definition) is 1. The van der Waals surface area contributed by atoms with Gasteiger partial charge in [-0.25, -0.2) is 9.97 Å². The van der Waals surface area contributed by atoms with E-state index in [0.29, 0.717) is 12.1 Å². The van der Waals surface area contributed by atoms with Gasteiger partial charge < -0.3 is 5.32 Å². The summed E-state index contributed by atoms with van der Waals surface area (Å²) < 4.78 is 0. The number of nitrogens with zero attached hydrogens (tertiary/aromatic N) is 2. The standard InChI is InChI=1S/C13H12ClN3O/c1-2-9-3-5-10(6-4-9)17-13-11(7-18)12(14)15-8-16-13/h3-8H,2H2,1H3,(H,15,16,17). The molecule has 18 heavy (non-hydrogen) atoms. The third-order valence-corrected chi connectivity index (χ3v) is 2.88. The average Bonchev–Trinajstić information content (AvgIpc) is 2.40. The zero-order valence-electron chi connectivity index (χ0n) is 9.85. The summed E-state index contributed by atoms with van der Waals surface area (Å²) in [7, 11) is 0. The Balaban J connectivity index is 2.28. The second-order valence-corrected chi connectivity index (χ2v) is 4.08. The Morgan fingerprint density at radius 2 is 2.00 bits per heavy atom. The SMILES string of the molecule is CCc1ccc(Nc2ncnc(Cl)c2C=O)cc1. The summed E-state index contributed by atoms with van der Waals surface area (Å²) in [6.07, 6.45) is 2.95. The Kier molecular flexibility index (Phi) is 3.89. The van der Waals surface area contributed by atoms with Crippen LogP contribution in [0.5, 0.6) is 0 Å². The number of anilines is 2. The van der Waals surface area contributed by atoms with Crippen LogP contribution in [-0.4, -0.2) is 16.3 Å². The first-order chi connectivity index (χ1) is 8.74. The molecular formula is C13H12ClN3O. The van der Waals surface area contributed by atoms with E-state index in [1.807, 2.05) is 24.3 Å². The molecule has 0 unspecified atom stereocenters. The third-order valence-electron chi connectivity index (χ3n) is 2.58. The number of carbonyl (C=O) groups is 1. The smallest absolute Gasteiger partial charge is 0.156 e. The molecule has 0 aliphatic heterocycles. The Morgan fingerprint density at radius 1 is 1.28 bits per heavy atom. The fourth-order valence-electron chi connectivity index (χ4n) is 1.54. The number of rotatable bonds is 4. The minimum absolute atomic E-state index is 0.146. The summed E-state index contributed by atoms with van der Waals surface area (Å²) in [6, 6.07) is 7.91. The molecule has 1 heterocycles. The molecule has 4 nitrogen and oxygen atoms in total. The maximum atomic E-state index is 10.9. The van der Waals surface area contributed by atoms with Crippen LogP contribution in [0.2, 0.25) is 5.15 Å². The lowest BCUT2D eigenvalue weighted by molar-refractivity contribution is 0.112. The number of aldehydes is 1. The Morgan fingerprint density at radius 3 is 2.61 bits per heavy atom. The van der Waals surface area contributed by atoms with Crippen LogP contribution in [0.4, 0.5) is 11.5 Å². The molecule has 0 atom stereocenters. The fraction of sp³-hybridized carbons (Fsp3) is 0.154. The molecule has 2 rings (SSSR count). The molecule has 0 amide bonds. The lowest BCUT2D eigenvalue weighted by Crippen LogP contribution is -2.00. The molecule has 0 aliphatic carbocycles. The molecule has 1 aromatic carbocycles. The van der Waals surface area contributed by atoms with E-state index in [0.717, 1.165) is 12.1 Å². The molecule has 2 aromatic rings. The van der Waals surface area contributed by atoms with Crippen molar-refractivity contribution in [2.24, 2.45) is 0 Å². The largest absolute Gasteiger partial charge is 0.339 e. The first-order valence-electron chi connectivity index (χ1n) is 5.56. The van der Waals surface area contributed by atoms with E-state index in [2.05, 4.69) is 22.2 Å². The number of benzene rings is 1. The normalized spacial score (nSPS) is 10.1. The zero-order valence-corrected chi connectivity index (χ0v) is 10.6. The van der Waals surface area contributed by atoms with Gasteiger partial charge >= 0.3 is 0 Å². The monoisotopic (exact) mass is 261 g/mol. The molecule has 5 heteroatoms. The van der Waals surface area contributed by atoms with E-state index in [1.165, 1.54) is 11.9 Å². The van der Waals surface area contributed by atoms with Gasteiger partial charge in [-0.05, 0) is 24.1 Å². The van der Waals surface area contributed by atoms with Gasteiger partial charge in [-0.3, -0.25) is 4.79 Å². The summed E-state index contributed by atoms with van der Waals surface area (Å²) in [6.45, 7) is 2.09. The van der Waals surface area contributed by atoms with Crippen molar-refractivity contribution in [3.05, 3.63) is 46.9 Å². The first-order valence-corrected chi connectivity index (χ1v) is 5.94. The van der Waals surface area contributed by atoms with Gasteiger partial charge in [-0.15, -0.1) is 0 Å². The minimum Gasteiger partial charge on any atom is -0.339 e. The van der Waals surface area contributed by atoms with Crippen LogP contribution in [0.15, 0.2) is 30.6 Å². The number of carbonyl (C=O) groups excluding carboxylic acids is 1. The average molecular weight is 262 g/mol. The van der Waals surface area contributed by atoms with Gasteiger partial charge in [0.05, 0.1) is 5.56 Å². The predicted octanol–water partition coefficient (Wildman–Crippen LogP) is 3.25. The molecule has 92 valence electrons. The van der Waals surface area contributed by atoms with Gasteiger partial charge in [0, 0.05) is 5.69 Å². The topological polar surface area (TPSA) is 54.9 Å². The lowest BCUT2D eigenvalue weighted by atomic mass is 10.1. The van der Waals surface area contributed by atoms with Crippen LogP contribution in [0.1, 0.15) is 22.8 Å². The van der Waals surface area contributed by atoms with Crippen LogP contribution in [0.25, 0.3) is 0 Å². The Labute approximate surface area is 110 Å². The molecule has 1 N–H and O–H groups in total. The number of nitrogens with one attached hydrogen (secondary N) is 1. The van der Waals surface area contributed by atoms with Crippen molar-refractivity contribution in [1.82, 2.24) is 9.97 Å². The van der Waals surface area contributed by atoms with Crippen LogP contribution < -0.4 is 5.32 Å². The Hall–Kier alpha value is -1.94. The second-order valence-electron chi connectivity index (χ2n) is 3.72. The highest BCUT2D eigenvalue weighted by Crippen LogP contribution is 2.21. The number of hydrogen-bond acceptors (Lipinski definition) is 4. The van der Waals surface area contributed by atoms with Gasteiger partial charge in [-0.2, -0.15) is 0 Å². The highest BCUT2D eigenvalue weighted by molar-refractivity contribution is 6.32. The highest BCUT2D eigenvalue weighted by Gasteiger charge is 2.08. The number of aromatic nitrogens is 2. The maximum Gasteiger partial charge on any atom is 0.156 e. The number of halogens is 1. The summed E-state index contributed by atoms with van der Waals surface area (Å²) in [4.78, 5) is 18.7. The fourth-order valence-corrected chi connectivity index (χ4v) is 1.72. The van der Waals surface area contributed by atoms with Gasteiger partial charge in [0.2, 0.25) is 0 Å². The van der Waals surface area contributed by atoms with Crippen molar-refractivity contribution in [3.8, 4) is 0 Å². The van der Waals surface area contributed by atoms with Gasteiger partial charge in [-0.1, -0.05) is 30.7 Å². The first kappa shape index (κ1) is 12.5. The summed E-state index contributed by atoms with van der Waals surface area (Å²) in [5.74, 6) is 0.411. The van der Waals surface area contributed by atoms with E-state index in [-0.39, 0.29) is 10.7 Å². The van der Waals surface area contributed by atoms with Crippen molar-refractivity contribution in [3.63, 3.8) is 0 Å². The van der Waals surface area contributed by atoms with Crippen molar-refractivity contribution in [2.75, 3.05) is 5.32 Å². The van der Waals surface area contributed by atoms with Crippen LogP contribution in [-0.2, 0) is 6.42 Å². The maximum absolute atomic E-state index is 10.9. The third kappa shape index (κ3) is 2.65. The molecule has 0 saturated carbocycles. The van der Waals surface area contributed by atoms with Gasteiger partial charge in [0.15, 0.2) is 6.29 Å². The zero-order chi connectivity index (χ0) is 13.0. The summed E-state index contributed by atoms with van der Waals surface area (Å²) in [5.41, 5.74) is 2.36. The van der Waals surface area contributed by atoms with Crippen molar-refractivity contribution in [1.29, 1.82) is 0 Å². The van der Waals surface area contributed by atoms with E-state index >= 15 is 0 Å². The van der Waals surface area contributed by atoms with Crippen molar-refractivity contribution >= 4 is 29.4 Å². The van der Waals surface area contributed by atoms with Crippen molar-refractivity contribution in [2.45, 2.75) is 13.3 Å². The van der Waals surface area contributed by atoms with Crippen molar-refractivity contribution < 1.29 is 4.79 Å². The van der Waals surface area contributed by atoms with E-state index in [4.69, 9.17) is 11.6 Å². The Bertz CT molecular complexity index is 555. The molecule has 0 bridgehead atoms. The molecule has 1 aromatic heterocycles. The molecular weight excluding hydrogens is 250 g/mol. The van der Waals surface area contributed by atoms with E-state index < -0.39 is 0 Å². The summed E-state index contributed by atoms with van der Waals surface area (Å²) >= 11 is 5.82. The highest BCUT2D eigenvalue weighted by atomic mass is 35.5. The van der Waals surface area contributed by atoms with E-state index in [1.54, 1.807) is 0 Å². The van der Waals surface area contributed by atoms with Crippen LogP contribution in [0, 0.1) is 0 Å². The van der Waals surface area contributed by atoms with Crippen LogP contribution >= 0.6 is 11.6 Å². The van der Waals surface area contributed by atoms with Gasteiger partial charge in [0.25, 0.3) is 0 Å². The molecule has 0 saturated heterocycles. The lowest BCUT2D eigenvalue weighted by Gasteiger charge is -2.08. The minimum atomic E-state index is 0.146. The quantitative estimate of drug-likeness (QED) is 0.678. The van der Waals surface area contributed by atoms with Gasteiger partial charge in [0.1, 0.15) is 17.3 Å². The number of aryl methyl sites for hydroxylation is 1. The molecule has 0 spiro atoms. The predicted molar refractivity (Wildman–Crippen MR) is 71.5 cm³/mol. The molecule has 0 radical (unpaired) electrons. The molecule has 0 fully saturated rings. The summed E-state index contributed by atoms with van der Waals surface area (Å²) in [5, 5.41) is 3.19. The second kappa shape index (κ2) is 5.60. The van der Waals surface area contributed by atoms with Crippen LogP contribution in [0.3, 0.4) is 0 Å². The van der Waals surface area contributed by atoms with E-state index in [9.17, 15) is 4.79 Å².